The molecule has 0 amide bonds. The number of halogens is 1. The molecular formula is C11H11BrN2OS. The van der Waals surface area contributed by atoms with Gasteiger partial charge in [-0.25, -0.2) is 4.98 Å². The van der Waals surface area contributed by atoms with Crippen LogP contribution in [0.5, 0.6) is 5.75 Å². The van der Waals surface area contributed by atoms with E-state index in [-0.39, 0.29) is 0 Å². The van der Waals surface area contributed by atoms with E-state index in [0.29, 0.717) is 12.3 Å². The van der Waals surface area contributed by atoms with Crippen molar-refractivity contribution < 1.29 is 4.74 Å². The number of anilines is 1. The molecule has 1 heterocycles. The minimum absolute atomic E-state index is 0.463. The fourth-order valence-electron chi connectivity index (χ4n) is 1.41. The molecule has 0 saturated heterocycles. The van der Waals surface area contributed by atoms with Crippen LogP contribution < -0.4 is 10.5 Å². The molecule has 0 aliphatic rings. The van der Waals surface area contributed by atoms with Crippen LogP contribution >= 0.6 is 27.3 Å². The summed E-state index contributed by atoms with van der Waals surface area (Å²) in [5.74, 6) is 0.735. The molecule has 3 nitrogen and oxygen atoms in total. The van der Waals surface area contributed by atoms with Crippen molar-refractivity contribution in [2.24, 2.45) is 0 Å². The second-order valence-electron chi connectivity index (χ2n) is 3.36. The number of hydrogen-bond acceptors (Lipinski definition) is 4. The van der Waals surface area contributed by atoms with Gasteiger partial charge in [0.15, 0.2) is 0 Å². The van der Waals surface area contributed by atoms with E-state index < -0.39 is 0 Å². The summed E-state index contributed by atoms with van der Waals surface area (Å²) in [6, 6.07) is 3.82. The van der Waals surface area contributed by atoms with Crippen molar-refractivity contribution in [1.29, 1.82) is 0 Å². The zero-order chi connectivity index (χ0) is 11.5. The van der Waals surface area contributed by atoms with E-state index in [1.54, 1.807) is 17.5 Å². The largest absolute Gasteiger partial charge is 0.484 e. The molecule has 2 aromatic rings. The number of nitrogen functional groups attached to an aromatic ring is 1. The maximum Gasteiger partial charge on any atom is 0.145 e. The zero-order valence-corrected chi connectivity index (χ0v) is 11.1. The normalized spacial score (nSPS) is 10.4. The summed E-state index contributed by atoms with van der Waals surface area (Å²) >= 11 is 4.96. The molecule has 16 heavy (non-hydrogen) atoms. The van der Waals surface area contributed by atoms with E-state index in [0.717, 1.165) is 20.8 Å². The van der Waals surface area contributed by atoms with Gasteiger partial charge >= 0.3 is 0 Å². The maximum absolute atomic E-state index is 5.89. The van der Waals surface area contributed by atoms with Gasteiger partial charge in [-0.1, -0.05) is 15.9 Å². The van der Waals surface area contributed by atoms with Gasteiger partial charge in [0.2, 0.25) is 0 Å². The van der Waals surface area contributed by atoms with E-state index in [4.69, 9.17) is 10.5 Å². The quantitative estimate of drug-likeness (QED) is 0.884. The number of rotatable bonds is 3. The minimum Gasteiger partial charge on any atom is -0.484 e. The van der Waals surface area contributed by atoms with Crippen molar-refractivity contribution >= 4 is 33.0 Å². The highest BCUT2D eigenvalue weighted by Crippen LogP contribution is 2.30. The number of ether oxygens (including phenoxy) is 1. The molecule has 0 saturated carbocycles. The first-order valence-electron chi connectivity index (χ1n) is 4.73. The molecule has 0 bridgehead atoms. The molecule has 0 atom stereocenters. The Morgan fingerprint density at radius 1 is 1.50 bits per heavy atom. The van der Waals surface area contributed by atoms with E-state index in [1.807, 2.05) is 24.4 Å². The van der Waals surface area contributed by atoms with Crippen molar-refractivity contribution in [3.05, 3.63) is 38.8 Å². The van der Waals surface area contributed by atoms with Gasteiger partial charge in [0.05, 0.1) is 5.69 Å². The lowest BCUT2D eigenvalue weighted by molar-refractivity contribution is 0.305. The van der Waals surface area contributed by atoms with Crippen LogP contribution in [0.25, 0.3) is 0 Å². The third kappa shape index (κ3) is 2.54. The second kappa shape index (κ2) is 4.84. The van der Waals surface area contributed by atoms with Crippen molar-refractivity contribution in [3.63, 3.8) is 0 Å². The minimum atomic E-state index is 0.463. The van der Waals surface area contributed by atoms with Gasteiger partial charge in [0, 0.05) is 16.0 Å². The molecule has 1 aromatic heterocycles. The van der Waals surface area contributed by atoms with Crippen LogP contribution in [0.1, 0.15) is 10.6 Å². The highest BCUT2D eigenvalue weighted by Gasteiger charge is 2.07. The first kappa shape index (κ1) is 11.4. The highest BCUT2D eigenvalue weighted by atomic mass is 79.9. The molecule has 2 N–H and O–H groups in total. The molecule has 0 spiro atoms. The Balaban J connectivity index is 2.15. The summed E-state index contributed by atoms with van der Waals surface area (Å²) in [5.41, 5.74) is 7.55. The molecule has 1 aromatic carbocycles. The molecular weight excluding hydrogens is 288 g/mol. The summed E-state index contributed by atoms with van der Waals surface area (Å²) in [6.45, 7) is 2.43. The Bertz CT molecular complexity index is 462. The summed E-state index contributed by atoms with van der Waals surface area (Å²) in [5, 5.41) is 2.87. The molecule has 5 heteroatoms. The Labute approximate surface area is 106 Å². The third-order valence-corrected chi connectivity index (χ3v) is 3.30. The Morgan fingerprint density at radius 3 is 2.94 bits per heavy atom. The smallest absolute Gasteiger partial charge is 0.145 e. The number of thiazole rings is 1. The summed E-state index contributed by atoms with van der Waals surface area (Å²) in [4.78, 5) is 4.15. The Morgan fingerprint density at radius 2 is 2.31 bits per heavy atom. The van der Waals surface area contributed by atoms with Gasteiger partial charge < -0.3 is 10.5 Å². The zero-order valence-electron chi connectivity index (χ0n) is 8.74. The fraction of sp³-hybridized carbons (Fsp3) is 0.182. The van der Waals surface area contributed by atoms with Crippen molar-refractivity contribution in [3.8, 4) is 5.75 Å². The lowest BCUT2D eigenvalue weighted by Gasteiger charge is -2.11. The van der Waals surface area contributed by atoms with Crippen LogP contribution in [0.4, 0.5) is 5.69 Å². The number of benzene rings is 1. The number of aromatic nitrogens is 1. The van der Waals surface area contributed by atoms with Crippen LogP contribution in [0.3, 0.4) is 0 Å². The second-order valence-corrected chi connectivity index (χ2v) is 5.25. The monoisotopic (exact) mass is 298 g/mol. The molecule has 0 radical (unpaired) electrons. The van der Waals surface area contributed by atoms with Gasteiger partial charge in [-0.2, -0.15) is 0 Å². The number of nitrogens with zero attached hydrogens (tertiary/aromatic N) is 1. The first-order valence-corrected chi connectivity index (χ1v) is 6.41. The van der Waals surface area contributed by atoms with Crippen molar-refractivity contribution in [2.75, 3.05) is 5.73 Å². The van der Waals surface area contributed by atoms with Gasteiger partial charge in [-0.05, 0) is 24.6 Å². The summed E-state index contributed by atoms with van der Waals surface area (Å²) < 4.78 is 6.63. The first-order chi connectivity index (χ1) is 7.66. The fourth-order valence-corrected chi connectivity index (χ4v) is 2.53. The van der Waals surface area contributed by atoms with E-state index in [1.165, 1.54) is 0 Å². The third-order valence-electron chi connectivity index (χ3n) is 2.09. The van der Waals surface area contributed by atoms with Gasteiger partial charge in [0.25, 0.3) is 0 Å². The average molecular weight is 299 g/mol. The number of nitrogens with two attached hydrogens (primary N) is 1. The standard InChI is InChI=1S/C11H11BrN2OS/c1-7-4-8(12)5-9(13)11(7)15-6-10-14-2-3-16-10/h2-5H,6,13H2,1H3. The predicted molar refractivity (Wildman–Crippen MR) is 69.7 cm³/mol. The lowest BCUT2D eigenvalue weighted by Crippen LogP contribution is -2.00. The van der Waals surface area contributed by atoms with Crippen LogP contribution in [0.15, 0.2) is 28.2 Å². The van der Waals surface area contributed by atoms with Gasteiger partial charge in [-0.3, -0.25) is 0 Å². The van der Waals surface area contributed by atoms with Crippen LogP contribution in [-0.2, 0) is 6.61 Å². The Kier molecular flexibility index (Phi) is 3.46. The summed E-state index contributed by atoms with van der Waals surface area (Å²) in [7, 11) is 0. The van der Waals surface area contributed by atoms with E-state index in [2.05, 4.69) is 20.9 Å². The predicted octanol–water partition coefficient (Wildman–Crippen LogP) is 3.38. The molecule has 0 aliphatic carbocycles. The van der Waals surface area contributed by atoms with E-state index >= 15 is 0 Å². The van der Waals surface area contributed by atoms with E-state index in [9.17, 15) is 0 Å². The molecule has 2 rings (SSSR count). The maximum atomic E-state index is 5.89. The van der Waals surface area contributed by atoms with Crippen LogP contribution in [0, 0.1) is 6.92 Å². The van der Waals surface area contributed by atoms with Crippen LogP contribution in [-0.4, -0.2) is 4.98 Å². The van der Waals surface area contributed by atoms with Gasteiger partial charge in [-0.15, -0.1) is 11.3 Å². The topological polar surface area (TPSA) is 48.1 Å². The SMILES string of the molecule is Cc1cc(Br)cc(N)c1OCc1nccs1. The highest BCUT2D eigenvalue weighted by molar-refractivity contribution is 9.10. The van der Waals surface area contributed by atoms with Gasteiger partial charge in [0.1, 0.15) is 17.4 Å². The van der Waals surface area contributed by atoms with Crippen LogP contribution in [0.2, 0.25) is 0 Å². The summed E-state index contributed by atoms with van der Waals surface area (Å²) in [6.07, 6.45) is 1.77. The van der Waals surface area contributed by atoms with Crippen molar-refractivity contribution in [2.45, 2.75) is 13.5 Å². The number of hydrogen-bond donors (Lipinski definition) is 1. The molecule has 0 unspecified atom stereocenters. The molecule has 84 valence electrons. The number of aryl methyl sites for hydroxylation is 1. The van der Waals surface area contributed by atoms with Crippen molar-refractivity contribution in [1.82, 2.24) is 4.98 Å². The molecule has 0 aliphatic heterocycles. The average Bonchev–Trinajstić information content (AvgIpc) is 2.68. The molecule has 0 fully saturated rings. The Hall–Kier alpha value is -1.07. The lowest BCUT2D eigenvalue weighted by atomic mass is 10.2.